The Hall–Kier alpha value is -1.61. The monoisotopic (exact) mass is 213 g/mol. The van der Waals surface area contributed by atoms with E-state index in [1.165, 1.54) is 10.9 Å². The summed E-state index contributed by atoms with van der Waals surface area (Å²) in [6.45, 7) is 2.08. The topological polar surface area (TPSA) is 50.9 Å². The van der Waals surface area contributed by atoms with Crippen molar-refractivity contribution in [2.24, 2.45) is 5.73 Å². The van der Waals surface area contributed by atoms with E-state index in [0.29, 0.717) is 12.1 Å². The van der Waals surface area contributed by atoms with Crippen LogP contribution in [-0.2, 0) is 0 Å². The SMILES string of the molecule is Cc1cc2ccccc2nc1NC1CC1N. The van der Waals surface area contributed by atoms with Gasteiger partial charge in [-0.25, -0.2) is 4.98 Å². The number of nitrogens with one attached hydrogen (secondary N) is 1. The van der Waals surface area contributed by atoms with Gasteiger partial charge in [-0.3, -0.25) is 0 Å². The normalized spacial score (nSPS) is 23.4. The lowest BCUT2D eigenvalue weighted by Crippen LogP contribution is -2.14. The summed E-state index contributed by atoms with van der Waals surface area (Å²) < 4.78 is 0. The Morgan fingerprint density at radius 2 is 2.12 bits per heavy atom. The predicted molar refractivity (Wildman–Crippen MR) is 66.5 cm³/mol. The Bertz CT molecular complexity index is 536. The van der Waals surface area contributed by atoms with Gasteiger partial charge in [0.25, 0.3) is 0 Å². The third-order valence-electron chi connectivity index (χ3n) is 3.08. The van der Waals surface area contributed by atoms with Gasteiger partial charge in [-0.2, -0.15) is 0 Å². The van der Waals surface area contributed by atoms with E-state index in [1.54, 1.807) is 0 Å². The second-order valence-corrected chi connectivity index (χ2v) is 4.50. The lowest BCUT2D eigenvalue weighted by atomic mass is 10.1. The molecule has 82 valence electrons. The number of para-hydroxylation sites is 1. The number of rotatable bonds is 2. The molecule has 0 bridgehead atoms. The second-order valence-electron chi connectivity index (χ2n) is 4.50. The first-order valence-electron chi connectivity index (χ1n) is 5.62. The van der Waals surface area contributed by atoms with Crippen LogP contribution in [0.5, 0.6) is 0 Å². The molecule has 3 nitrogen and oxygen atoms in total. The molecule has 0 saturated heterocycles. The Morgan fingerprint density at radius 1 is 1.38 bits per heavy atom. The fourth-order valence-electron chi connectivity index (χ4n) is 1.92. The summed E-state index contributed by atoms with van der Waals surface area (Å²) in [7, 11) is 0. The summed E-state index contributed by atoms with van der Waals surface area (Å²) in [5.74, 6) is 0.969. The van der Waals surface area contributed by atoms with Crippen LogP contribution in [0.25, 0.3) is 10.9 Å². The predicted octanol–water partition coefficient (Wildman–Crippen LogP) is 2.05. The standard InChI is InChI=1S/C13H15N3/c1-8-6-9-4-2-3-5-11(9)15-13(8)16-12-7-10(12)14/h2-6,10,12H,7,14H2,1H3,(H,15,16). The molecule has 1 aliphatic carbocycles. The second kappa shape index (κ2) is 3.46. The van der Waals surface area contributed by atoms with Gasteiger partial charge in [-0.15, -0.1) is 0 Å². The van der Waals surface area contributed by atoms with Gasteiger partial charge in [0.1, 0.15) is 5.82 Å². The van der Waals surface area contributed by atoms with E-state index in [4.69, 9.17) is 5.73 Å². The summed E-state index contributed by atoms with van der Waals surface area (Å²) >= 11 is 0. The molecule has 2 atom stereocenters. The highest BCUT2D eigenvalue weighted by molar-refractivity contribution is 5.81. The Morgan fingerprint density at radius 3 is 2.88 bits per heavy atom. The number of aryl methyl sites for hydroxylation is 1. The molecule has 1 fully saturated rings. The molecule has 2 unspecified atom stereocenters. The van der Waals surface area contributed by atoms with Gasteiger partial charge < -0.3 is 11.1 Å². The summed E-state index contributed by atoms with van der Waals surface area (Å²) in [4.78, 5) is 4.62. The van der Waals surface area contributed by atoms with Crippen molar-refractivity contribution in [3.05, 3.63) is 35.9 Å². The number of pyridine rings is 1. The van der Waals surface area contributed by atoms with Crippen molar-refractivity contribution in [1.29, 1.82) is 0 Å². The molecule has 3 rings (SSSR count). The van der Waals surface area contributed by atoms with Gasteiger partial charge in [0, 0.05) is 17.5 Å². The number of benzene rings is 1. The average molecular weight is 213 g/mol. The molecule has 0 spiro atoms. The Labute approximate surface area is 94.7 Å². The number of hydrogen-bond acceptors (Lipinski definition) is 3. The van der Waals surface area contributed by atoms with E-state index in [-0.39, 0.29) is 0 Å². The maximum atomic E-state index is 5.79. The highest BCUT2D eigenvalue weighted by Crippen LogP contribution is 2.26. The average Bonchev–Trinajstić information content (AvgIpc) is 2.95. The fourth-order valence-corrected chi connectivity index (χ4v) is 1.92. The van der Waals surface area contributed by atoms with Gasteiger partial charge in [0.15, 0.2) is 0 Å². The molecule has 1 aliphatic rings. The zero-order valence-electron chi connectivity index (χ0n) is 9.27. The lowest BCUT2D eigenvalue weighted by molar-refractivity contribution is 0.995. The molecule has 3 N–H and O–H groups in total. The minimum absolute atomic E-state index is 0.299. The number of anilines is 1. The van der Waals surface area contributed by atoms with Crippen molar-refractivity contribution in [2.45, 2.75) is 25.4 Å². The molecule has 1 aromatic heterocycles. The highest BCUT2D eigenvalue weighted by Gasteiger charge is 2.33. The van der Waals surface area contributed by atoms with E-state index >= 15 is 0 Å². The number of hydrogen-bond donors (Lipinski definition) is 2. The smallest absolute Gasteiger partial charge is 0.129 e. The van der Waals surface area contributed by atoms with Crippen LogP contribution in [0.15, 0.2) is 30.3 Å². The molecule has 0 amide bonds. The molecule has 0 radical (unpaired) electrons. The van der Waals surface area contributed by atoms with Crippen LogP contribution < -0.4 is 11.1 Å². The molecule has 2 aromatic rings. The van der Waals surface area contributed by atoms with Crippen molar-refractivity contribution >= 4 is 16.7 Å². The van der Waals surface area contributed by atoms with Crippen molar-refractivity contribution in [3.63, 3.8) is 0 Å². The molecule has 1 saturated carbocycles. The quantitative estimate of drug-likeness (QED) is 0.802. The molecule has 1 aromatic carbocycles. The molecule has 3 heteroatoms. The summed E-state index contributed by atoms with van der Waals surface area (Å²) in [6, 6.07) is 11.0. The Kier molecular flexibility index (Phi) is 2.07. The van der Waals surface area contributed by atoms with Crippen LogP contribution in [0.1, 0.15) is 12.0 Å². The van der Waals surface area contributed by atoms with E-state index in [0.717, 1.165) is 17.8 Å². The number of nitrogens with two attached hydrogens (primary N) is 1. The van der Waals surface area contributed by atoms with Gasteiger partial charge in [0.05, 0.1) is 5.52 Å². The molecule has 16 heavy (non-hydrogen) atoms. The van der Waals surface area contributed by atoms with Crippen LogP contribution in [0.3, 0.4) is 0 Å². The molecule has 0 aliphatic heterocycles. The zero-order valence-corrected chi connectivity index (χ0v) is 9.27. The fraction of sp³-hybridized carbons (Fsp3) is 0.308. The lowest BCUT2D eigenvalue weighted by Gasteiger charge is -2.09. The first kappa shape index (κ1) is 9.60. The van der Waals surface area contributed by atoms with E-state index < -0.39 is 0 Å². The number of aromatic nitrogens is 1. The Balaban J connectivity index is 2.00. The van der Waals surface area contributed by atoms with Crippen LogP contribution in [0.2, 0.25) is 0 Å². The van der Waals surface area contributed by atoms with Crippen molar-refractivity contribution in [3.8, 4) is 0 Å². The summed E-state index contributed by atoms with van der Waals surface area (Å²) in [5, 5.41) is 4.58. The largest absolute Gasteiger partial charge is 0.365 e. The van der Waals surface area contributed by atoms with E-state index in [9.17, 15) is 0 Å². The molecular formula is C13H15N3. The van der Waals surface area contributed by atoms with Crippen LogP contribution in [0.4, 0.5) is 5.82 Å². The van der Waals surface area contributed by atoms with Gasteiger partial charge in [0.2, 0.25) is 0 Å². The van der Waals surface area contributed by atoms with Crippen molar-refractivity contribution < 1.29 is 0 Å². The van der Waals surface area contributed by atoms with Crippen LogP contribution in [0, 0.1) is 6.92 Å². The van der Waals surface area contributed by atoms with Crippen LogP contribution >= 0.6 is 0 Å². The van der Waals surface area contributed by atoms with Gasteiger partial charge in [-0.1, -0.05) is 18.2 Å². The highest BCUT2D eigenvalue weighted by atomic mass is 15.1. The minimum atomic E-state index is 0.299. The molecular weight excluding hydrogens is 198 g/mol. The first-order valence-corrected chi connectivity index (χ1v) is 5.62. The third kappa shape index (κ3) is 1.63. The van der Waals surface area contributed by atoms with E-state index in [2.05, 4.69) is 29.4 Å². The van der Waals surface area contributed by atoms with Crippen LogP contribution in [-0.4, -0.2) is 17.1 Å². The summed E-state index contributed by atoms with van der Waals surface area (Å²) in [6.07, 6.45) is 1.05. The van der Waals surface area contributed by atoms with Gasteiger partial charge >= 0.3 is 0 Å². The number of fused-ring (bicyclic) bond motifs is 1. The summed E-state index contributed by atoms with van der Waals surface area (Å²) in [5.41, 5.74) is 8.00. The zero-order chi connectivity index (χ0) is 11.1. The minimum Gasteiger partial charge on any atom is -0.365 e. The molecule has 1 heterocycles. The van der Waals surface area contributed by atoms with Crippen molar-refractivity contribution in [1.82, 2.24) is 4.98 Å². The number of nitrogens with zero attached hydrogens (tertiary/aromatic N) is 1. The maximum absolute atomic E-state index is 5.79. The maximum Gasteiger partial charge on any atom is 0.129 e. The first-order chi connectivity index (χ1) is 7.74. The van der Waals surface area contributed by atoms with Gasteiger partial charge in [-0.05, 0) is 31.0 Å². The van der Waals surface area contributed by atoms with E-state index in [1.807, 2.05) is 18.2 Å². The third-order valence-corrected chi connectivity index (χ3v) is 3.08. The van der Waals surface area contributed by atoms with Crippen molar-refractivity contribution in [2.75, 3.05) is 5.32 Å².